The van der Waals surface area contributed by atoms with Crippen molar-refractivity contribution in [2.75, 3.05) is 22.9 Å². The van der Waals surface area contributed by atoms with Crippen LogP contribution in [0, 0.1) is 12.3 Å². The summed E-state index contributed by atoms with van der Waals surface area (Å²) in [5.41, 5.74) is 7.04. The summed E-state index contributed by atoms with van der Waals surface area (Å²) in [5, 5.41) is 0. The van der Waals surface area contributed by atoms with Crippen molar-refractivity contribution >= 4 is 23.1 Å². The predicted octanol–water partition coefficient (Wildman–Crippen LogP) is 6.57. The summed E-state index contributed by atoms with van der Waals surface area (Å²) in [4.78, 5) is 31.6. The number of carbonyl (C=O) groups excluding carboxylic acids is 2. The third-order valence-corrected chi connectivity index (χ3v) is 7.49. The van der Waals surface area contributed by atoms with Crippen LogP contribution in [0.3, 0.4) is 0 Å². The first-order valence-electron chi connectivity index (χ1n) is 12.7. The second-order valence-corrected chi connectivity index (χ2v) is 10.5. The van der Waals surface area contributed by atoms with E-state index in [0.717, 1.165) is 59.6 Å². The number of carbonyl (C=O) groups is 2. The van der Waals surface area contributed by atoms with Gasteiger partial charge in [-0.15, -0.1) is 0 Å². The maximum Gasteiger partial charge on any atom is 0.232 e. The van der Waals surface area contributed by atoms with E-state index in [-0.39, 0.29) is 23.0 Å². The predicted molar refractivity (Wildman–Crippen MR) is 140 cm³/mol. The molecule has 4 rings (SSSR count). The van der Waals surface area contributed by atoms with Crippen LogP contribution in [0.4, 0.5) is 11.4 Å². The summed E-state index contributed by atoms with van der Waals surface area (Å²) >= 11 is 0. The van der Waals surface area contributed by atoms with Crippen molar-refractivity contribution in [2.45, 2.75) is 73.1 Å². The van der Waals surface area contributed by atoms with Gasteiger partial charge in [0.15, 0.2) is 5.78 Å². The Bertz CT molecular complexity index is 1120. The van der Waals surface area contributed by atoms with Crippen molar-refractivity contribution in [3.05, 3.63) is 70.4 Å². The molecule has 0 saturated heterocycles. The van der Waals surface area contributed by atoms with Crippen LogP contribution in [0.15, 0.2) is 53.7 Å². The van der Waals surface area contributed by atoms with Gasteiger partial charge in [-0.2, -0.15) is 0 Å². The van der Waals surface area contributed by atoms with E-state index in [2.05, 4.69) is 88.9 Å². The molecule has 0 bridgehead atoms. The molecular weight excluding hydrogens is 420 g/mol. The van der Waals surface area contributed by atoms with Gasteiger partial charge >= 0.3 is 0 Å². The van der Waals surface area contributed by atoms with Gasteiger partial charge < -0.3 is 4.90 Å². The Labute approximate surface area is 204 Å². The van der Waals surface area contributed by atoms with E-state index in [1.165, 1.54) is 5.69 Å². The lowest BCUT2D eigenvalue weighted by atomic mass is 9.69. The van der Waals surface area contributed by atoms with E-state index in [0.29, 0.717) is 12.8 Å². The third-order valence-electron chi connectivity index (χ3n) is 7.49. The van der Waals surface area contributed by atoms with Crippen LogP contribution in [0.5, 0.6) is 0 Å². The second-order valence-electron chi connectivity index (χ2n) is 10.5. The van der Waals surface area contributed by atoms with Crippen molar-refractivity contribution in [1.29, 1.82) is 0 Å². The summed E-state index contributed by atoms with van der Waals surface area (Å²) < 4.78 is 0. The average Bonchev–Trinajstić information content (AvgIpc) is 2.79. The minimum absolute atomic E-state index is 0.0890. The average molecular weight is 459 g/mol. The molecule has 1 unspecified atom stereocenters. The van der Waals surface area contributed by atoms with Gasteiger partial charge in [-0.25, -0.2) is 0 Å². The molecule has 2 aliphatic rings. The molecule has 2 aromatic carbocycles. The first-order chi connectivity index (χ1) is 16.2. The number of aryl methyl sites for hydroxylation is 2. The monoisotopic (exact) mass is 458 g/mol. The maximum atomic E-state index is 13.8. The topological polar surface area (TPSA) is 40.6 Å². The largest absolute Gasteiger partial charge is 0.372 e. The van der Waals surface area contributed by atoms with Gasteiger partial charge in [0.05, 0.1) is 5.69 Å². The van der Waals surface area contributed by atoms with E-state index in [4.69, 9.17) is 0 Å². The lowest BCUT2D eigenvalue weighted by molar-refractivity contribution is -0.121. The Balaban J connectivity index is 1.86. The van der Waals surface area contributed by atoms with Crippen LogP contribution in [0.25, 0.3) is 0 Å². The number of nitrogens with zero attached hydrogens (tertiary/aromatic N) is 2. The number of Topliss-reactive ketones (excluding diaryl/α,β-unsaturated/α-hetero) is 1. The minimum Gasteiger partial charge on any atom is -0.372 e. The van der Waals surface area contributed by atoms with Crippen molar-refractivity contribution < 1.29 is 9.59 Å². The molecule has 4 nitrogen and oxygen atoms in total. The van der Waals surface area contributed by atoms with Gasteiger partial charge in [0.2, 0.25) is 5.91 Å². The van der Waals surface area contributed by atoms with Gasteiger partial charge in [0.1, 0.15) is 0 Å². The fourth-order valence-electron chi connectivity index (χ4n) is 5.79. The molecular formula is C30H38N2O2. The summed E-state index contributed by atoms with van der Waals surface area (Å²) in [7, 11) is 0. The van der Waals surface area contributed by atoms with Gasteiger partial charge in [-0.3, -0.25) is 14.5 Å². The minimum atomic E-state index is -0.179. The molecule has 0 aromatic heterocycles. The fraction of sp³-hybridized carbons (Fsp3) is 0.467. The SMILES string of the molecule is CCc1cccc(C)c1N1C(=O)CC(c2ccc(N(CC)CC)cc2)C2=C1CC(C)(C)CC2=O. The summed E-state index contributed by atoms with van der Waals surface area (Å²) in [6.45, 7) is 14.7. The number of hydrogen-bond donors (Lipinski definition) is 0. The zero-order chi connectivity index (χ0) is 24.6. The molecule has 1 aliphatic heterocycles. The first-order valence-corrected chi connectivity index (χ1v) is 12.7. The van der Waals surface area contributed by atoms with Crippen molar-refractivity contribution in [3.8, 4) is 0 Å². The van der Waals surface area contributed by atoms with Crippen LogP contribution in [-0.4, -0.2) is 24.8 Å². The van der Waals surface area contributed by atoms with Gasteiger partial charge in [-0.1, -0.05) is 51.1 Å². The Morgan fingerprint density at radius 3 is 2.26 bits per heavy atom. The molecule has 1 amide bonds. The quantitative estimate of drug-likeness (QED) is 0.492. The number of anilines is 2. The van der Waals surface area contributed by atoms with E-state index in [1.54, 1.807) is 0 Å². The lowest BCUT2D eigenvalue weighted by Gasteiger charge is -2.43. The van der Waals surface area contributed by atoms with Gasteiger partial charge in [-0.05, 0) is 67.9 Å². The molecule has 180 valence electrons. The number of allylic oxidation sites excluding steroid dienone is 2. The number of amides is 1. The summed E-state index contributed by atoms with van der Waals surface area (Å²) in [6.07, 6.45) is 2.42. The van der Waals surface area contributed by atoms with E-state index in [1.807, 2.05) is 4.90 Å². The summed E-state index contributed by atoms with van der Waals surface area (Å²) in [5.74, 6) is 0.0986. The zero-order valence-electron chi connectivity index (χ0n) is 21.6. The molecule has 0 saturated carbocycles. The van der Waals surface area contributed by atoms with E-state index in [9.17, 15) is 9.59 Å². The maximum absolute atomic E-state index is 13.8. The van der Waals surface area contributed by atoms with Crippen LogP contribution >= 0.6 is 0 Å². The van der Waals surface area contributed by atoms with Crippen LogP contribution in [0.1, 0.15) is 76.5 Å². The van der Waals surface area contributed by atoms with Crippen molar-refractivity contribution in [1.82, 2.24) is 0 Å². The van der Waals surface area contributed by atoms with Crippen LogP contribution in [0.2, 0.25) is 0 Å². The molecule has 0 spiro atoms. The van der Waals surface area contributed by atoms with Gasteiger partial charge in [0.25, 0.3) is 0 Å². The van der Waals surface area contributed by atoms with Crippen LogP contribution < -0.4 is 9.80 Å². The highest BCUT2D eigenvalue weighted by molar-refractivity contribution is 6.08. The Morgan fingerprint density at radius 1 is 0.971 bits per heavy atom. The Hall–Kier alpha value is -2.88. The molecule has 34 heavy (non-hydrogen) atoms. The van der Waals surface area contributed by atoms with Gasteiger partial charge in [0, 0.05) is 48.8 Å². The smallest absolute Gasteiger partial charge is 0.232 e. The molecule has 1 atom stereocenters. The molecule has 0 N–H and O–H groups in total. The first kappa shape index (κ1) is 24.3. The van der Waals surface area contributed by atoms with E-state index >= 15 is 0 Å². The molecule has 0 fully saturated rings. The standard InChI is InChI=1S/C30H38N2O2/c1-7-21-12-10-11-20(4)29(21)32-25-18-30(5,6)19-26(33)28(25)24(17-27(32)34)22-13-15-23(16-14-22)31(8-2)9-3/h10-16,24H,7-9,17-19H2,1-6H3. The number of hydrogen-bond acceptors (Lipinski definition) is 3. The molecule has 1 aliphatic carbocycles. The highest BCUT2D eigenvalue weighted by Crippen LogP contribution is 2.49. The summed E-state index contributed by atoms with van der Waals surface area (Å²) in [6, 6.07) is 14.7. The number of benzene rings is 2. The Kier molecular flexibility index (Phi) is 6.71. The number of para-hydroxylation sites is 1. The molecule has 4 heteroatoms. The molecule has 0 radical (unpaired) electrons. The highest BCUT2D eigenvalue weighted by Gasteiger charge is 2.44. The normalized spacial score (nSPS) is 19.9. The second kappa shape index (κ2) is 9.40. The van der Waals surface area contributed by atoms with Crippen molar-refractivity contribution in [3.63, 3.8) is 0 Å². The highest BCUT2D eigenvalue weighted by atomic mass is 16.2. The Morgan fingerprint density at radius 2 is 1.65 bits per heavy atom. The zero-order valence-corrected chi connectivity index (χ0v) is 21.6. The fourth-order valence-corrected chi connectivity index (χ4v) is 5.79. The molecule has 1 heterocycles. The lowest BCUT2D eigenvalue weighted by Crippen LogP contribution is -2.44. The third kappa shape index (κ3) is 4.31. The number of ketones is 1. The van der Waals surface area contributed by atoms with Crippen molar-refractivity contribution in [2.24, 2.45) is 5.41 Å². The van der Waals surface area contributed by atoms with Crippen LogP contribution in [-0.2, 0) is 16.0 Å². The van der Waals surface area contributed by atoms with E-state index < -0.39 is 0 Å². The number of rotatable bonds is 6. The molecule has 2 aromatic rings.